The van der Waals surface area contributed by atoms with Gasteiger partial charge in [0.25, 0.3) is 0 Å². The number of hydrogen-bond acceptors (Lipinski definition) is 2. The number of thiophene rings is 1. The Kier molecular flexibility index (Phi) is 4.34. The van der Waals surface area contributed by atoms with Crippen LogP contribution in [0.25, 0.3) is 0 Å². The molecule has 2 aromatic rings. The third-order valence-electron chi connectivity index (χ3n) is 3.76. The summed E-state index contributed by atoms with van der Waals surface area (Å²) < 4.78 is 12.9. The number of aryl methyl sites for hydroxylation is 1. The largest absolute Gasteiger partial charge is 0.335 e. The van der Waals surface area contributed by atoms with Crippen LogP contribution in [-0.2, 0) is 17.8 Å². The Hall–Kier alpha value is -1.68. The van der Waals surface area contributed by atoms with Crippen LogP contribution in [0.3, 0.4) is 0 Å². The number of rotatable bonds is 6. The van der Waals surface area contributed by atoms with E-state index in [0.29, 0.717) is 18.9 Å². The Morgan fingerprint density at radius 1 is 1.24 bits per heavy atom. The van der Waals surface area contributed by atoms with Crippen molar-refractivity contribution >= 4 is 17.2 Å². The molecule has 1 aromatic heterocycles. The minimum Gasteiger partial charge on any atom is -0.335 e. The van der Waals surface area contributed by atoms with Crippen LogP contribution in [0.1, 0.15) is 29.7 Å². The summed E-state index contributed by atoms with van der Waals surface area (Å²) in [6.07, 6.45) is 3.40. The summed E-state index contributed by atoms with van der Waals surface area (Å²) in [6.45, 7) is 0.727. The summed E-state index contributed by atoms with van der Waals surface area (Å²) in [6, 6.07) is 10.9. The van der Waals surface area contributed by atoms with Gasteiger partial charge < -0.3 is 4.90 Å². The van der Waals surface area contributed by atoms with E-state index < -0.39 is 0 Å². The van der Waals surface area contributed by atoms with Gasteiger partial charge in [0.2, 0.25) is 5.91 Å². The van der Waals surface area contributed by atoms with Gasteiger partial charge in [-0.2, -0.15) is 0 Å². The van der Waals surface area contributed by atoms with E-state index in [1.165, 1.54) is 17.0 Å². The van der Waals surface area contributed by atoms with Crippen molar-refractivity contribution < 1.29 is 9.18 Å². The van der Waals surface area contributed by atoms with Gasteiger partial charge in [-0.05, 0) is 48.4 Å². The zero-order valence-electron chi connectivity index (χ0n) is 11.8. The molecule has 0 N–H and O–H groups in total. The van der Waals surface area contributed by atoms with Gasteiger partial charge in [0.05, 0.1) is 6.54 Å². The molecule has 0 unspecified atom stereocenters. The molecule has 1 saturated carbocycles. The van der Waals surface area contributed by atoms with Gasteiger partial charge in [-0.1, -0.05) is 18.2 Å². The van der Waals surface area contributed by atoms with Gasteiger partial charge in [-0.15, -0.1) is 11.3 Å². The third-order valence-corrected chi connectivity index (χ3v) is 4.62. The zero-order chi connectivity index (χ0) is 14.7. The normalized spacial score (nSPS) is 14.1. The summed E-state index contributed by atoms with van der Waals surface area (Å²) >= 11 is 1.69. The molecule has 0 aliphatic heterocycles. The molecule has 1 amide bonds. The SMILES string of the molecule is O=C(CCc1ccc(F)cc1)N(Cc1cccs1)C1CC1. The molecule has 2 nitrogen and oxygen atoms in total. The predicted octanol–water partition coefficient (Wildman–Crippen LogP) is 4.01. The van der Waals surface area contributed by atoms with E-state index in [1.807, 2.05) is 16.3 Å². The lowest BCUT2D eigenvalue weighted by Gasteiger charge is -2.21. The number of carbonyl (C=O) groups is 1. The highest BCUT2D eigenvalue weighted by molar-refractivity contribution is 7.09. The molecule has 110 valence electrons. The molecule has 1 aliphatic carbocycles. The van der Waals surface area contributed by atoms with E-state index in [2.05, 4.69) is 6.07 Å². The lowest BCUT2D eigenvalue weighted by atomic mass is 10.1. The van der Waals surface area contributed by atoms with Crippen molar-refractivity contribution in [1.29, 1.82) is 0 Å². The van der Waals surface area contributed by atoms with Crippen LogP contribution in [0.2, 0.25) is 0 Å². The molecule has 1 aliphatic rings. The van der Waals surface area contributed by atoms with Crippen molar-refractivity contribution in [2.24, 2.45) is 0 Å². The summed E-state index contributed by atoms with van der Waals surface area (Å²) in [7, 11) is 0. The highest BCUT2D eigenvalue weighted by Gasteiger charge is 2.32. The topological polar surface area (TPSA) is 20.3 Å². The summed E-state index contributed by atoms with van der Waals surface area (Å²) in [5.74, 6) is -0.0300. The van der Waals surface area contributed by atoms with Crippen LogP contribution >= 0.6 is 11.3 Å². The van der Waals surface area contributed by atoms with Crippen LogP contribution in [0.15, 0.2) is 41.8 Å². The molecular formula is C17H18FNOS. The van der Waals surface area contributed by atoms with Gasteiger partial charge in [0.1, 0.15) is 5.82 Å². The number of benzene rings is 1. The Morgan fingerprint density at radius 2 is 2.00 bits per heavy atom. The van der Waals surface area contributed by atoms with Crippen molar-refractivity contribution in [1.82, 2.24) is 4.90 Å². The third kappa shape index (κ3) is 3.91. The quantitative estimate of drug-likeness (QED) is 0.789. The predicted molar refractivity (Wildman–Crippen MR) is 82.6 cm³/mol. The average molecular weight is 303 g/mol. The van der Waals surface area contributed by atoms with Crippen molar-refractivity contribution in [3.05, 3.63) is 58.0 Å². The first-order valence-electron chi connectivity index (χ1n) is 7.28. The molecule has 1 heterocycles. The van der Waals surface area contributed by atoms with Crippen molar-refractivity contribution in [2.45, 2.75) is 38.3 Å². The first-order chi connectivity index (χ1) is 10.2. The molecule has 0 spiro atoms. The van der Waals surface area contributed by atoms with Gasteiger partial charge in [-0.3, -0.25) is 4.79 Å². The number of carbonyl (C=O) groups excluding carboxylic acids is 1. The molecule has 0 atom stereocenters. The van der Waals surface area contributed by atoms with Crippen molar-refractivity contribution in [3.63, 3.8) is 0 Å². The maximum absolute atomic E-state index is 12.9. The van der Waals surface area contributed by atoms with Gasteiger partial charge in [-0.25, -0.2) is 4.39 Å². The fourth-order valence-corrected chi connectivity index (χ4v) is 3.13. The van der Waals surface area contributed by atoms with Crippen LogP contribution in [0.5, 0.6) is 0 Å². The van der Waals surface area contributed by atoms with E-state index in [1.54, 1.807) is 23.5 Å². The number of halogens is 1. The van der Waals surface area contributed by atoms with Crippen LogP contribution in [0.4, 0.5) is 4.39 Å². The molecule has 0 saturated heterocycles. The zero-order valence-corrected chi connectivity index (χ0v) is 12.6. The van der Waals surface area contributed by atoms with Crippen LogP contribution < -0.4 is 0 Å². The van der Waals surface area contributed by atoms with Crippen molar-refractivity contribution in [2.75, 3.05) is 0 Å². The Bertz CT molecular complexity index is 590. The fourth-order valence-electron chi connectivity index (χ4n) is 2.42. The van der Waals surface area contributed by atoms with Gasteiger partial charge in [0, 0.05) is 17.3 Å². The number of hydrogen-bond donors (Lipinski definition) is 0. The van der Waals surface area contributed by atoms with E-state index in [4.69, 9.17) is 0 Å². The first kappa shape index (κ1) is 14.3. The molecule has 1 fully saturated rings. The Balaban J connectivity index is 1.58. The molecule has 21 heavy (non-hydrogen) atoms. The second-order valence-corrected chi connectivity index (χ2v) is 6.49. The second kappa shape index (κ2) is 6.39. The smallest absolute Gasteiger partial charge is 0.223 e. The van der Waals surface area contributed by atoms with Crippen LogP contribution in [-0.4, -0.2) is 16.8 Å². The average Bonchev–Trinajstić information content (AvgIpc) is 3.20. The second-order valence-electron chi connectivity index (χ2n) is 5.46. The maximum Gasteiger partial charge on any atom is 0.223 e. The maximum atomic E-state index is 12.9. The number of amides is 1. The van der Waals surface area contributed by atoms with E-state index in [-0.39, 0.29) is 11.7 Å². The monoisotopic (exact) mass is 303 g/mol. The lowest BCUT2D eigenvalue weighted by molar-refractivity contribution is -0.132. The first-order valence-corrected chi connectivity index (χ1v) is 8.16. The van der Waals surface area contributed by atoms with Crippen LogP contribution in [0, 0.1) is 5.82 Å². The standard InChI is InChI=1S/C17H18FNOS/c18-14-6-3-13(4-7-14)5-10-17(20)19(15-8-9-15)12-16-2-1-11-21-16/h1-4,6-7,11,15H,5,8-10,12H2. The van der Waals surface area contributed by atoms with E-state index in [0.717, 1.165) is 24.9 Å². The minimum absolute atomic E-state index is 0.204. The molecule has 4 heteroatoms. The molecule has 1 aromatic carbocycles. The highest BCUT2D eigenvalue weighted by Crippen LogP contribution is 2.30. The number of nitrogens with zero attached hydrogens (tertiary/aromatic N) is 1. The Morgan fingerprint density at radius 3 is 2.62 bits per heavy atom. The van der Waals surface area contributed by atoms with E-state index in [9.17, 15) is 9.18 Å². The van der Waals surface area contributed by atoms with Gasteiger partial charge >= 0.3 is 0 Å². The fraction of sp³-hybridized carbons (Fsp3) is 0.353. The van der Waals surface area contributed by atoms with Crippen molar-refractivity contribution in [3.8, 4) is 0 Å². The Labute approximate surface area is 128 Å². The lowest BCUT2D eigenvalue weighted by Crippen LogP contribution is -2.32. The van der Waals surface area contributed by atoms with Gasteiger partial charge in [0.15, 0.2) is 0 Å². The highest BCUT2D eigenvalue weighted by atomic mass is 32.1. The summed E-state index contributed by atoms with van der Waals surface area (Å²) in [4.78, 5) is 15.7. The van der Waals surface area contributed by atoms with E-state index >= 15 is 0 Å². The summed E-state index contributed by atoms with van der Waals surface area (Å²) in [5.41, 5.74) is 1.01. The summed E-state index contributed by atoms with van der Waals surface area (Å²) in [5, 5.41) is 2.05. The molecule has 0 radical (unpaired) electrons. The minimum atomic E-state index is -0.234. The molecule has 3 rings (SSSR count). The molecular weight excluding hydrogens is 285 g/mol. The molecule has 0 bridgehead atoms.